The van der Waals surface area contributed by atoms with E-state index in [1.165, 1.54) is 12.8 Å². The number of rotatable bonds is 2. The molecule has 0 radical (unpaired) electrons. The van der Waals surface area contributed by atoms with Crippen molar-refractivity contribution in [3.05, 3.63) is 0 Å². The van der Waals surface area contributed by atoms with E-state index in [0.29, 0.717) is 5.37 Å². The van der Waals surface area contributed by atoms with E-state index in [4.69, 9.17) is 0 Å². The maximum absolute atomic E-state index is 4.17. The van der Waals surface area contributed by atoms with Crippen LogP contribution in [-0.2, 0) is 0 Å². The molecule has 1 saturated carbocycles. The van der Waals surface area contributed by atoms with E-state index in [2.05, 4.69) is 24.9 Å². The third kappa shape index (κ3) is 2.19. The molecule has 0 aromatic rings. The van der Waals surface area contributed by atoms with Crippen LogP contribution in [0.2, 0.25) is 0 Å². The molecule has 0 spiro atoms. The zero-order chi connectivity index (χ0) is 5.28. The van der Waals surface area contributed by atoms with E-state index in [1.807, 2.05) is 0 Å². The monoisotopic (exact) mass is 117 g/mol. The molecule has 0 saturated heterocycles. The van der Waals surface area contributed by atoms with Gasteiger partial charge in [0.15, 0.2) is 0 Å². The second-order valence-corrected chi connectivity index (χ2v) is 2.89. The highest BCUT2D eigenvalue weighted by atomic mass is 32.1. The smallest absolute Gasteiger partial charge is 0.0475 e. The Kier molecular flexibility index (Phi) is 1.60. The van der Waals surface area contributed by atoms with Gasteiger partial charge in [-0.1, -0.05) is 0 Å². The van der Waals surface area contributed by atoms with E-state index in [9.17, 15) is 0 Å². The summed E-state index contributed by atoms with van der Waals surface area (Å²) in [5, 5.41) is 3.66. The molecule has 1 aliphatic carbocycles. The Hall–Kier alpha value is 0.310. The van der Waals surface area contributed by atoms with Crippen molar-refractivity contribution in [2.75, 3.05) is 0 Å². The van der Waals surface area contributed by atoms with Gasteiger partial charge in [-0.2, -0.15) is 12.6 Å². The second kappa shape index (κ2) is 2.05. The van der Waals surface area contributed by atoms with Crippen LogP contribution in [-0.4, -0.2) is 11.4 Å². The van der Waals surface area contributed by atoms with Crippen LogP contribution in [0.15, 0.2) is 0 Å². The maximum atomic E-state index is 4.17. The molecule has 1 N–H and O–H groups in total. The summed E-state index contributed by atoms with van der Waals surface area (Å²) in [6.45, 7) is 2.06. The molecule has 0 bridgehead atoms. The number of nitrogens with one attached hydrogen (secondary N) is 1. The van der Waals surface area contributed by atoms with Crippen molar-refractivity contribution in [3.8, 4) is 0 Å². The molecule has 0 amide bonds. The molecule has 2 heteroatoms. The van der Waals surface area contributed by atoms with Crippen LogP contribution < -0.4 is 5.32 Å². The lowest BCUT2D eigenvalue weighted by Crippen LogP contribution is -2.22. The average molecular weight is 117 g/mol. The summed E-state index contributed by atoms with van der Waals surface area (Å²) in [5.41, 5.74) is 0. The van der Waals surface area contributed by atoms with Gasteiger partial charge in [-0.25, -0.2) is 0 Å². The van der Waals surface area contributed by atoms with Crippen LogP contribution in [0.5, 0.6) is 0 Å². The lowest BCUT2D eigenvalue weighted by atomic mass is 10.6. The quantitative estimate of drug-likeness (QED) is 0.406. The summed E-state index contributed by atoms with van der Waals surface area (Å²) in [6, 6.07) is 0.799. The van der Waals surface area contributed by atoms with E-state index in [1.54, 1.807) is 0 Å². The molecule has 0 heterocycles. The molecule has 1 rings (SSSR count). The minimum Gasteiger partial charge on any atom is -0.303 e. The highest BCUT2D eigenvalue weighted by Gasteiger charge is 2.20. The first-order valence-corrected chi connectivity index (χ1v) is 3.25. The normalized spacial score (nSPS) is 24.9. The van der Waals surface area contributed by atoms with Gasteiger partial charge in [0.2, 0.25) is 0 Å². The Labute approximate surface area is 49.9 Å². The Bertz CT molecular complexity index is 59.1. The molecule has 0 unspecified atom stereocenters. The predicted molar refractivity (Wildman–Crippen MR) is 34.6 cm³/mol. The summed E-state index contributed by atoms with van der Waals surface area (Å²) in [6.07, 6.45) is 2.70. The van der Waals surface area contributed by atoms with Gasteiger partial charge >= 0.3 is 0 Å². The molecule has 0 aromatic carbocycles. The van der Waals surface area contributed by atoms with E-state index in [-0.39, 0.29) is 0 Å². The number of thiol groups is 1. The summed E-state index contributed by atoms with van der Waals surface area (Å²) in [7, 11) is 0. The van der Waals surface area contributed by atoms with Crippen molar-refractivity contribution >= 4 is 12.6 Å². The largest absolute Gasteiger partial charge is 0.303 e. The van der Waals surface area contributed by atoms with Gasteiger partial charge in [-0.15, -0.1) is 0 Å². The Morgan fingerprint density at radius 1 is 1.71 bits per heavy atom. The molecule has 7 heavy (non-hydrogen) atoms. The topological polar surface area (TPSA) is 12.0 Å². The summed E-state index contributed by atoms with van der Waals surface area (Å²) in [5.74, 6) is 0. The van der Waals surface area contributed by atoms with Gasteiger partial charge in [0, 0.05) is 11.4 Å². The van der Waals surface area contributed by atoms with Gasteiger partial charge < -0.3 is 5.32 Å². The molecule has 1 aliphatic rings. The fourth-order valence-electron chi connectivity index (χ4n) is 0.591. The standard InChI is InChI=1S/C5H11NS/c1-4(7)6-5-2-3-5/h4-7H,2-3H2,1H3/t4-/m0/s1. The molecule has 42 valence electrons. The first kappa shape index (κ1) is 5.45. The van der Waals surface area contributed by atoms with Crippen LogP contribution in [0, 0.1) is 0 Å². The Morgan fingerprint density at radius 3 is 2.43 bits per heavy atom. The second-order valence-electron chi connectivity index (χ2n) is 2.12. The average Bonchev–Trinajstić information content (AvgIpc) is 2.17. The van der Waals surface area contributed by atoms with Gasteiger partial charge in [-0.3, -0.25) is 0 Å². The van der Waals surface area contributed by atoms with Crippen LogP contribution in [0.4, 0.5) is 0 Å². The lowest BCUT2D eigenvalue weighted by Gasteiger charge is -2.02. The molecule has 0 aromatic heterocycles. The molecule has 0 aliphatic heterocycles. The maximum Gasteiger partial charge on any atom is 0.0475 e. The Morgan fingerprint density at radius 2 is 2.29 bits per heavy atom. The molecular formula is C5H11NS. The Balaban J connectivity index is 1.97. The molecule has 1 nitrogen and oxygen atoms in total. The van der Waals surface area contributed by atoms with Gasteiger partial charge in [0.25, 0.3) is 0 Å². The van der Waals surface area contributed by atoms with Gasteiger partial charge in [0.05, 0.1) is 0 Å². The molecule has 1 atom stereocenters. The zero-order valence-electron chi connectivity index (χ0n) is 4.52. The van der Waals surface area contributed by atoms with Crippen LogP contribution in [0.25, 0.3) is 0 Å². The SMILES string of the molecule is C[C@H](S)NC1CC1. The van der Waals surface area contributed by atoms with E-state index < -0.39 is 0 Å². The van der Waals surface area contributed by atoms with E-state index in [0.717, 1.165) is 6.04 Å². The summed E-state index contributed by atoms with van der Waals surface area (Å²) >= 11 is 4.17. The molecule has 1 fully saturated rings. The zero-order valence-corrected chi connectivity index (χ0v) is 5.41. The van der Waals surface area contributed by atoms with Crippen molar-refractivity contribution in [3.63, 3.8) is 0 Å². The minimum absolute atomic E-state index is 0.382. The van der Waals surface area contributed by atoms with Gasteiger partial charge in [-0.05, 0) is 19.8 Å². The predicted octanol–water partition coefficient (Wildman–Crippen LogP) is 1.01. The van der Waals surface area contributed by atoms with Crippen LogP contribution in [0.3, 0.4) is 0 Å². The third-order valence-electron chi connectivity index (χ3n) is 1.05. The fraction of sp³-hybridized carbons (Fsp3) is 1.00. The van der Waals surface area contributed by atoms with Crippen molar-refractivity contribution in [2.45, 2.75) is 31.2 Å². The van der Waals surface area contributed by atoms with Crippen LogP contribution in [0.1, 0.15) is 19.8 Å². The highest BCUT2D eigenvalue weighted by molar-refractivity contribution is 7.80. The summed E-state index contributed by atoms with van der Waals surface area (Å²) < 4.78 is 0. The summed E-state index contributed by atoms with van der Waals surface area (Å²) in [4.78, 5) is 0. The number of hydrogen-bond donors (Lipinski definition) is 2. The first-order chi connectivity index (χ1) is 3.29. The first-order valence-electron chi connectivity index (χ1n) is 2.73. The minimum atomic E-state index is 0.382. The van der Waals surface area contributed by atoms with E-state index >= 15 is 0 Å². The lowest BCUT2D eigenvalue weighted by molar-refractivity contribution is 0.686. The number of hydrogen-bond acceptors (Lipinski definition) is 2. The van der Waals surface area contributed by atoms with Gasteiger partial charge in [0.1, 0.15) is 0 Å². The van der Waals surface area contributed by atoms with Crippen LogP contribution >= 0.6 is 12.6 Å². The third-order valence-corrected chi connectivity index (χ3v) is 1.20. The highest BCUT2D eigenvalue weighted by Crippen LogP contribution is 2.19. The van der Waals surface area contributed by atoms with Crippen molar-refractivity contribution in [1.29, 1.82) is 0 Å². The van der Waals surface area contributed by atoms with Crippen molar-refractivity contribution in [1.82, 2.24) is 5.32 Å². The van der Waals surface area contributed by atoms with Crippen molar-refractivity contribution in [2.24, 2.45) is 0 Å². The fourth-order valence-corrected chi connectivity index (χ4v) is 0.802. The van der Waals surface area contributed by atoms with Crippen molar-refractivity contribution < 1.29 is 0 Å². The molecular weight excluding hydrogens is 106 g/mol.